The predicted octanol–water partition coefficient (Wildman–Crippen LogP) is 4.90. The minimum Gasteiger partial charge on any atom is -0.335 e. The second kappa shape index (κ2) is 11.3. The smallest absolute Gasteiger partial charge is 0.321 e. The zero-order valence-electron chi connectivity index (χ0n) is 18.2. The number of benzene rings is 2. The van der Waals surface area contributed by atoms with Crippen LogP contribution in [0.3, 0.4) is 0 Å². The number of amides is 3. The van der Waals surface area contributed by atoms with Crippen LogP contribution in [0.15, 0.2) is 59.8 Å². The quantitative estimate of drug-likeness (QED) is 0.467. The molecule has 0 unspecified atom stereocenters. The third-order valence-corrected chi connectivity index (χ3v) is 6.84. The number of halogens is 1. The topological polar surface area (TPSA) is 88.9 Å². The predicted molar refractivity (Wildman–Crippen MR) is 130 cm³/mol. The first-order chi connectivity index (χ1) is 16.1. The Hall–Kier alpha value is -2.84. The molecule has 1 aromatic heterocycles. The third-order valence-electron chi connectivity index (χ3n) is 5.54. The second-order valence-corrected chi connectivity index (χ2v) is 9.35. The Kier molecular flexibility index (Phi) is 8.01. The highest BCUT2D eigenvalue weighted by Crippen LogP contribution is 2.30. The normalized spacial score (nSPS) is 14.1. The molecule has 1 aliphatic carbocycles. The summed E-state index contributed by atoms with van der Waals surface area (Å²) in [6, 6.07) is 17.1. The highest BCUT2D eigenvalue weighted by Gasteiger charge is 2.20. The van der Waals surface area contributed by atoms with Crippen molar-refractivity contribution in [3.05, 3.63) is 65.2 Å². The van der Waals surface area contributed by atoms with E-state index in [-0.39, 0.29) is 17.7 Å². The Labute approximate surface area is 202 Å². The molecule has 0 atom stereocenters. The SMILES string of the molecule is O=C(CSc1nnc(-c2ccccc2Cl)n1Cc1ccccc1)NC(=O)NC1CCCCC1. The van der Waals surface area contributed by atoms with Gasteiger partial charge in [0.05, 0.1) is 17.3 Å². The molecule has 2 N–H and O–H groups in total. The van der Waals surface area contributed by atoms with Gasteiger partial charge in [-0.1, -0.05) is 85.1 Å². The Morgan fingerprint density at radius 2 is 1.73 bits per heavy atom. The van der Waals surface area contributed by atoms with E-state index in [0.29, 0.717) is 22.5 Å². The summed E-state index contributed by atoms with van der Waals surface area (Å²) in [6.07, 6.45) is 5.35. The maximum Gasteiger partial charge on any atom is 0.321 e. The van der Waals surface area contributed by atoms with E-state index < -0.39 is 6.03 Å². The third kappa shape index (κ3) is 6.36. The molecule has 0 bridgehead atoms. The van der Waals surface area contributed by atoms with Crippen LogP contribution in [0.2, 0.25) is 5.02 Å². The number of carbonyl (C=O) groups is 2. The first-order valence-corrected chi connectivity index (χ1v) is 12.4. The van der Waals surface area contributed by atoms with Gasteiger partial charge in [0, 0.05) is 11.6 Å². The molecule has 1 fully saturated rings. The Bertz CT molecular complexity index is 1100. The number of nitrogens with one attached hydrogen (secondary N) is 2. The van der Waals surface area contributed by atoms with Crippen LogP contribution in [0.25, 0.3) is 11.4 Å². The fourth-order valence-corrected chi connectivity index (χ4v) is 4.87. The van der Waals surface area contributed by atoms with Crippen LogP contribution in [-0.2, 0) is 11.3 Å². The number of hydrogen-bond donors (Lipinski definition) is 2. The van der Waals surface area contributed by atoms with Crippen molar-refractivity contribution in [2.45, 2.75) is 49.8 Å². The van der Waals surface area contributed by atoms with Crippen molar-refractivity contribution in [3.8, 4) is 11.4 Å². The fourth-order valence-electron chi connectivity index (χ4n) is 3.91. The summed E-state index contributed by atoms with van der Waals surface area (Å²) in [7, 11) is 0. The molecule has 0 spiro atoms. The molecule has 4 rings (SSSR count). The van der Waals surface area contributed by atoms with Crippen molar-refractivity contribution in [2.24, 2.45) is 0 Å². The zero-order valence-corrected chi connectivity index (χ0v) is 19.7. The number of carbonyl (C=O) groups excluding carboxylic acids is 2. The average Bonchev–Trinajstić information content (AvgIpc) is 3.21. The van der Waals surface area contributed by atoms with Crippen molar-refractivity contribution in [1.82, 2.24) is 25.4 Å². The Morgan fingerprint density at radius 1 is 1.00 bits per heavy atom. The van der Waals surface area contributed by atoms with E-state index in [9.17, 15) is 9.59 Å². The van der Waals surface area contributed by atoms with E-state index in [1.165, 1.54) is 18.2 Å². The average molecular weight is 484 g/mol. The van der Waals surface area contributed by atoms with Gasteiger partial charge in [-0.05, 0) is 30.5 Å². The van der Waals surface area contributed by atoms with Gasteiger partial charge in [0.2, 0.25) is 5.91 Å². The minimum absolute atomic E-state index is 0.0491. The van der Waals surface area contributed by atoms with E-state index in [0.717, 1.165) is 36.8 Å². The molecular weight excluding hydrogens is 458 g/mol. The van der Waals surface area contributed by atoms with Gasteiger partial charge < -0.3 is 5.32 Å². The lowest BCUT2D eigenvalue weighted by atomic mass is 9.96. The van der Waals surface area contributed by atoms with Crippen LogP contribution < -0.4 is 10.6 Å². The highest BCUT2D eigenvalue weighted by molar-refractivity contribution is 7.99. The van der Waals surface area contributed by atoms with Crippen LogP contribution in [0.1, 0.15) is 37.7 Å². The molecule has 3 amide bonds. The molecule has 0 radical (unpaired) electrons. The number of aromatic nitrogens is 3. The molecule has 1 saturated carbocycles. The monoisotopic (exact) mass is 483 g/mol. The van der Waals surface area contributed by atoms with Gasteiger partial charge in [-0.15, -0.1) is 10.2 Å². The number of urea groups is 1. The van der Waals surface area contributed by atoms with Gasteiger partial charge in [0.15, 0.2) is 11.0 Å². The number of thioether (sulfide) groups is 1. The summed E-state index contributed by atoms with van der Waals surface area (Å²) in [5.41, 5.74) is 1.84. The van der Waals surface area contributed by atoms with Gasteiger partial charge in [0.25, 0.3) is 0 Å². The Balaban J connectivity index is 1.45. The van der Waals surface area contributed by atoms with Crippen molar-refractivity contribution in [1.29, 1.82) is 0 Å². The number of hydrogen-bond acceptors (Lipinski definition) is 5. The highest BCUT2D eigenvalue weighted by atomic mass is 35.5. The second-order valence-electron chi connectivity index (χ2n) is 8.00. The van der Waals surface area contributed by atoms with E-state index in [2.05, 4.69) is 20.8 Å². The number of imide groups is 1. The first-order valence-electron chi connectivity index (χ1n) is 11.1. The molecular formula is C24H26ClN5O2S. The lowest BCUT2D eigenvalue weighted by Gasteiger charge is -2.22. The van der Waals surface area contributed by atoms with Crippen LogP contribution >= 0.6 is 23.4 Å². The van der Waals surface area contributed by atoms with Crippen LogP contribution in [0.4, 0.5) is 4.79 Å². The van der Waals surface area contributed by atoms with Crippen molar-refractivity contribution >= 4 is 35.3 Å². The van der Waals surface area contributed by atoms with Crippen molar-refractivity contribution in [3.63, 3.8) is 0 Å². The molecule has 33 heavy (non-hydrogen) atoms. The van der Waals surface area contributed by atoms with E-state index >= 15 is 0 Å². The number of nitrogens with zero attached hydrogens (tertiary/aromatic N) is 3. The van der Waals surface area contributed by atoms with E-state index in [4.69, 9.17) is 11.6 Å². The molecule has 0 aliphatic heterocycles. The Morgan fingerprint density at radius 3 is 2.48 bits per heavy atom. The summed E-state index contributed by atoms with van der Waals surface area (Å²) < 4.78 is 1.94. The van der Waals surface area contributed by atoms with Gasteiger partial charge in [-0.25, -0.2) is 4.79 Å². The summed E-state index contributed by atoms with van der Waals surface area (Å²) in [5, 5.41) is 15.1. The molecule has 7 nitrogen and oxygen atoms in total. The largest absolute Gasteiger partial charge is 0.335 e. The molecule has 2 aromatic carbocycles. The molecule has 1 heterocycles. The molecule has 172 valence electrons. The zero-order chi connectivity index (χ0) is 23.0. The van der Waals surface area contributed by atoms with Crippen LogP contribution in [-0.4, -0.2) is 38.5 Å². The van der Waals surface area contributed by atoms with Gasteiger partial charge >= 0.3 is 6.03 Å². The van der Waals surface area contributed by atoms with Gasteiger partial charge in [0.1, 0.15) is 0 Å². The summed E-state index contributed by atoms with van der Waals surface area (Å²) in [4.78, 5) is 24.6. The van der Waals surface area contributed by atoms with Crippen molar-refractivity contribution < 1.29 is 9.59 Å². The fraction of sp³-hybridized carbons (Fsp3) is 0.333. The minimum atomic E-state index is -0.435. The number of rotatable bonds is 7. The van der Waals surface area contributed by atoms with Crippen LogP contribution in [0, 0.1) is 0 Å². The van der Waals surface area contributed by atoms with Gasteiger partial charge in [-0.3, -0.25) is 14.7 Å². The maximum absolute atomic E-state index is 12.4. The lowest BCUT2D eigenvalue weighted by Crippen LogP contribution is -2.45. The van der Waals surface area contributed by atoms with Crippen LogP contribution in [0.5, 0.6) is 0 Å². The standard InChI is InChI=1S/C24H26ClN5O2S/c25-20-14-8-7-13-19(20)22-28-29-24(30(22)15-17-9-3-1-4-10-17)33-16-21(31)27-23(32)26-18-11-5-2-6-12-18/h1,3-4,7-10,13-14,18H,2,5-6,11-12,15-16H2,(H2,26,27,31,32). The van der Waals surface area contributed by atoms with Gasteiger partial charge in [-0.2, -0.15) is 0 Å². The lowest BCUT2D eigenvalue weighted by molar-refractivity contribution is -0.117. The van der Waals surface area contributed by atoms with E-state index in [1.54, 1.807) is 0 Å². The first kappa shape index (κ1) is 23.3. The maximum atomic E-state index is 12.4. The molecule has 3 aromatic rings. The van der Waals surface area contributed by atoms with E-state index in [1.807, 2.05) is 59.2 Å². The summed E-state index contributed by atoms with van der Waals surface area (Å²) in [5.74, 6) is 0.303. The molecule has 1 aliphatic rings. The molecule has 9 heteroatoms. The van der Waals surface area contributed by atoms with Crippen molar-refractivity contribution in [2.75, 3.05) is 5.75 Å². The molecule has 0 saturated heterocycles. The summed E-state index contributed by atoms with van der Waals surface area (Å²) in [6.45, 7) is 0.528. The summed E-state index contributed by atoms with van der Waals surface area (Å²) >= 11 is 7.65.